The molecule has 1 aromatic heterocycles. The molecule has 0 aliphatic carbocycles. The predicted octanol–water partition coefficient (Wildman–Crippen LogP) is 3.65. The number of para-hydroxylation sites is 2. The van der Waals surface area contributed by atoms with Crippen LogP contribution < -0.4 is 20.5 Å². The van der Waals surface area contributed by atoms with Crippen molar-refractivity contribution < 1.29 is 9.47 Å². The molecular formula is C22H26N4O2. The van der Waals surface area contributed by atoms with Crippen molar-refractivity contribution in [2.24, 2.45) is 5.73 Å². The van der Waals surface area contributed by atoms with Gasteiger partial charge in [0, 0.05) is 25.0 Å². The number of nitrogens with two attached hydrogens (primary N) is 1. The molecule has 0 aliphatic rings. The Hall–Kier alpha value is -3.12. The molecule has 0 bridgehead atoms. The molecular weight excluding hydrogens is 352 g/mol. The maximum atomic E-state index is 6.18. The fourth-order valence-electron chi connectivity index (χ4n) is 2.65. The standard InChI is InChI=1S/C22H26N4O2/c23-19(11-15-26-22-24-13-6-14-25-22)12-16-27-20-9-4-5-10-21(20)28-17-18-7-2-1-3-8-18/h1-10,13-14,19H,11-12,15-17,23H2,(H,24,25,26). The highest BCUT2D eigenvalue weighted by atomic mass is 16.5. The van der Waals surface area contributed by atoms with Crippen LogP contribution >= 0.6 is 0 Å². The zero-order chi connectivity index (χ0) is 19.4. The van der Waals surface area contributed by atoms with E-state index in [0.717, 1.165) is 36.4 Å². The highest BCUT2D eigenvalue weighted by Crippen LogP contribution is 2.27. The Balaban J connectivity index is 1.39. The molecule has 0 radical (unpaired) electrons. The van der Waals surface area contributed by atoms with Crippen molar-refractivity contribution in [1.82, 2.24) is 9.97 Å². The minimum atomic E-state index is 0.0358. The lowest BCUT2D eigenvalue weighted by Crippen LogP contribution is -2.25. The Kier molecular flexibility index (Phi) is 7.64. The first-order chi connectivity index (χ1) is 13.8. The van der Waals surface area contributed by atoms with Crippen LogP contribution in [0, 0.1) is 0 Å². The molecule has 1 unspecified atom stereocenters. The SMILES string of the molecule is NC(CCNc1ncccn1)CCOc1ccccc1OCc1ccccc1. The smallest absolute Gasteiger partial charge is 0.222 e. The number of nitrogens with one attached hydrogen (secondary N) is 1. The largest absolute Gasteiger partial charge is 0.490 e. The molecule has 0 amide bonds. The zero-order valence-corrected chi connectivity index (χ0v) is 15.8. The summed E-state index contributed by atoms with van der Waals surface area (Å²) in [6.45, 7) is 1.77. The summed E-state index contributed by atoms with van der Waals surface area (Å²) in [4.78, 5) is 8.25. The second kappa shape index (κ2) is 10.9. The van der Waals surface area contributed by atoms with Crippen LogP contribution in [0.1, 0.15) is 18.4 Å². The summed E-state index contributed by atoms with van der Waals surface area (Å²) >= 11 is 0. The minimum Gasteiger partial charge on any atom is -0.490 e. The van der Waals surface area contributed by atoms with Crippen molar-refractivity contribution in [3.63, 3.8) is 0 Å². The molecule has 3 N–H and O–H groups in total. The van der Waals surface area contributed by atoms with Crippen molar-refractivity contribution >= 4 is 5.95 Å². The highest BCUT2D eigenvalue weighted by molar-refractivity contribution is 5.39. The average molecular weight is 378 g/mol. The molecule has 146 valence electrons. The van der Waals surface area contributed by atoms with Crippen LogP contribution in [0.4, 0.5) is 5.95 Å². The van der Waals surface area contributed by atoms with Gasteiger partial charge in [-0.3, -0.25) is 0 Å². The summed E-state index contributed by atoms with van der Waals surface area (Å²) in [6, 6.07) is 19.6. The number of rotatable bonds is 11. The predicted molar refractivity (Wildman–Crippen MR) is 110 cm³/mol. The van der Waals surface area contributed by atoms with Gasteiger partial charge in [-0.25, -0.2) is 9.97 Å². The van der Waals surface area contributed by atoms with Crippen LogP contribution in [0.3, 0.4) is 0 Å². The van der Waals surface area contributed by atoms with Crippen LogP contribution in [-0.4, -0.2) is 29.2 Å². The molecule has 2 aromatic carbocycles. The van der Waals surface area contributed by atoms with Gasteiger partial charge in [0.25, 0.3) is 0 Å². The Morgan fingerprint density at radius 1 is 0.821 bits per heavy atom. The molecule has 3 rings (SSSR count). The van der Waals surface area contributed by atoms with Gasteiger partial charge in [-0.2, -0.15) is 0 Å². The summed E-state index contributed by atoms with van der Waals surface area (Å²) < 4.78 is 11.8. The summed E-state index contributed by atoms with van der Waals surface area (Å²) in [7, 11) is 0. The number of aromatic nitrogens is 2. The Morgan fingerprint density at radius 2 is 1.50 bits per heavy atom. The second-order valence-corrected chi connectivity index (χ2v) is 6.41. The molecule has 6 nitrogen and oxygen atoms in total. The van der Waals surface area contributed by atoms with Crippen LogP contribution in [0.5, 0.6) is 11.5 Å². The summed E-state index contributed by atoms with van der Waals surface area (Å²) in [5, 5.41) is 3.16. The normalized spacial score (nSPS) is 11.6. The van der Waals surface area contributed by atoms with Gasteiger partial charge in [-0.15, -0.1) is 0 Å². The molecule has 0 aliphatic heterocycles. The van der Waals surface area contributed by atoms with Crippen molar-refractivity contribution in [2.75, 3.05) is 18.5 Å². The van der Waals surface area contributed by atoms with Gasteiger partial charge in [0.15, 0.2) is 11.5 Å². The van der Waals surface area contributed by atoms with E-state index >= 15 is 0 Å². The number of benzene rings is 2. The summed E-state index contributed by atoms with van der Waals surface area (Å²) in [5.41, 5.74) is 7.30. The molecule has 0 spiro atoms. The van der Waals surface area contributed by atoms with Gasteiger partial charge in [0.1, 0.15) is 6.61 Å². The summed E-state index contributed by atoms with van der Waals surface area (Å²) in [5.74, 6) is 2.10. The highest BCUT2D eigenvalue weighted by Gasteiger charge is 2.07. The molecule has 6 heteroatoms. The van der Waals surface area contributed by atoms with Crippen LogP contribution in [0.15, 0.2) is 73.1 Å². The van der Waals surface area contributed by atoms with Gasteiger partial charge in [0.2, 0.25) is 5.95 Å². The Bertz CT molecular complexity index is 815. The van der Waals surface area contributed by atoms with E-state index in [2.05, 4.69) is 15.3 Å². The number of nitrogens with zero attached hydrogens (tertiary/aromatic N) is 2. The summed E-state index contributed by atoms with van der Waals surface area (Å²) in [6.07, 6.45) is 4.99. The zero-order valence-electron chi connectivity index (χ0n) is 15.8. The molecule has 0 saturated carbocycles. The van der Waals surface area contributed by atoms with Crippen molar-refractivity contribution in [3.05, 3.63) is 78.6 Å². The van der Waals surface area contributed by atoms with E-state index in [9.17, 15) is 0 Å². The van der Waals surface area contributed by atoms with E-state index in [1.807, 2.05) is 54.6 Å². The molecule has 0 saturated heterocycles. The van der Waals surface area contributed by atoms with Crippen LogP contribution in [0.25, 0.3) is 0 Å². The van der Waals surface area contributed by atoms with E-state index in [0.29, 0.717) is 19.2 Å². The van der Waals surface area contributed by atoms with Gasteiger partial charge in [0.05, 0.1) is 6.61 Å². The lowest BCUT2D eigenvalue weighted by Gasteiger charge is -2.15. The molecule has 1 atom stereocenters. The third-order valence-electron chi connectivity index (χ3n) is 4.20. The van der Waals surface area contributed by atoms with Gasteiger partial charge >= 0.3 is 0 Å². The van der Waals surface area contributed by atoms with Gasteiger partial charge < -0.3 is 20.5 Å². The van der Waals surface area contributed by atoms with Crippen LogP contribution in [0.2, 0.25) is 0 Å². The third kappa shape index (κ3) is 6.55. The first-order valence-corrected chi connectivity index (χ1v) is 9.46. The van der Waals surface area contributed by atoms with Crippen molar-refractivity contribution in [2.45, 2.75) is 25.5 Å². The van der Waals surface area contributed by atoms with Crippen molar-refractivity contribution in [3.8, 4) is 11.5 Å². The second-order valence-electron chi connectivity index (χ2n) is 6.41. The van der Waals surface area contributed by atoms with E-state index < -0.39 is 0 Å². The molecule has 28 heavy (non-hydrogen) atoms. The maximum Gasteiger partial charge on any atom is 0.222 e. The maximum absolute atomic E-state index is 6.18. The van der Waals surface area contributed by atoms with E-state index in [-0.39, 0.29) is 6.04 Å². The van der Waals surface area contributed by atoms with E-state index in [4.69, 9.17) is 15.2 Å². The Labute approximate surface area is 165 Å². The molecule has 0 fully saturated rings. The quantitative estimate of drug-likeness (QED) is 0.530. The lowest BCUT2D eigenvalue weighted by atomic mass is 10.1. The molecule has 1 heterocycles. The fourth-order valence-corrected chi connectivity index (χ4v) is 2.65. The van der Waals surface area contributed by atoms with Gasteiger partial charge in [-0.05, 0) is 36.6 Å². The van der Waals surface area contributed by atoms with Gasteiger partial charge in [-0.1, -0.05) is 42.5 Å². The topological polar surface area (TPSA) is 82.3 Å². The lowest BCUT2D eigenvalue weighted by molar-refractivity contribution is 0.253. The van der Waals surface area contributed by atoms with E-state index in [1.165, 1.54) is 0 Å². The number of hydrogen-bond donors (Lipinski definition) is 2. The van der Waals surface area contributed by atoms with Crippen molar-refractivity contribution in [1.29, 1.82) is 0 Å². The minimum absolute atomic E-state index is 0.0358. The van der Waals surface area contributed by atoms with E-state index in [1.54, 1.807) is 18.5 Å². The third-order valence-corrected chi connectivity index (χ3v) is 4.20. The Morgan fingerprint density at radius 3 is 2.25 bits per heavy atom. The fraction of sp³-hybridized carbons (Fsp3) is 0.273. The number of ether oxygens (including phenoxy) is 2. The number of anilines is 1. The first kappa shape index (κ1) is 19.6. The first-order valence-electron chi connectivity index (χ1n) is 9.46. The van der Waals surface area contributed by atoms with Crippen LogP contribution in [-0.2, 0) is 6.61 Å². The monoisotopic (exact) mass is 378 g/mol. The average Bonchev–Trinajstić information content (AvgIpc) is 2.74. The molecule has 3 aromatic rings. The number of hydrogen-bond acceptors (Lipinski definition) is 6.